The lowest BCUT2D eigenvalue weighted by Crippen LogP contribution is -1.81. The average molecular weight is 235 g/mol. The number of aliphatic imine (C=N–C) groups is 1. The van der Waals surface area contributed by atoms with Crippen molar-refractivity contribution in [1.82, 2.24) is 4.98 Å². The first kappa shape index (κ1) is 10.8. The van der Waals surface area contributed by atoms with Crippen molar-refractivity contribution in [3.63, 3.8) is 0 Å². The third-order valence-electron chi connectivity index (χ3n) is 1.93. The summed E-state index contributed by atoms with van der Waals surface area (Å²) in [7, 11) is 0. The number of hydrogen-bond donors (Lipinski definition) is 0. The van der Waals surface area contributed by atoms with E-state index in [9.17, 15) is 4.39 Å². The predicted octanol–water partition coefficient (Wildman–Crippen LogP) is 3.62. The van der Waals surface area contributed by atoms with E-state index in [2.05, 4.69) is 9.98 Å². The summed E-state index contributed by atoms with van der Waals surface area (Å²) in [4.78, 5) is 8.14. The Labute approximate surface area is 97.4 Å². The minimum absolute atomic E-state index is 0.262. The van der Waals surface area contributed by atoms with Crippen LogP contribution < -0.4 is 0 Å². The molecule has 0 N–H and O–H groups in total. The third kappa shape index (κ3) is 2.87. The molecule has 2 rings (SSSR count). The van der Waals surface area contributed by atoms with Gasteiger partial charge in [0.25, 0.3) is 0 Å². The van der Waals surface area contributed by atoms with E-state index >= 15 is 0 Å². The Kier molecular flexibility index (Phi) is 3.27. The monoisotopic (exact) mass is 234 g/mol. The first-order valence-corrected chi connectivity index (χ1v) is 5.03. The van der Waals surface area contributed by atoms with Crippen LogP contribution in [0.3, 0.4) is 0 Å². The summed E-state index contributed by atoms with van der Waals surface area (Å²) in [6.45, 7) is 0. The quantitative estimate of drug-likeness (QED) is 0.729. The molecule has 0 amide bonds. The molecule has 0 fully saturated rings. The van der Waals surface area contributed by atoms with Crippen LogP contribution in [0, 0.1) is 5.82 Å². The highest BCUT2D eigenvalue weighted by molar-refractivity contribution is 6.30. The number of halogens is 2. The Hall–Kier alpha value is -1.74. The van der Waals surface area contributed by atoms with Crippen molar-refractivity contribution in [1.29, 1.82) is 0 Å². The van der Waals surface area contributed by atoms with E-state index in [4.69, 9.17) is 11.6 Å². The molecule has 80 valence electrons. The smallest absolute Gasteiger partial charge is 0.151 e. The number of aromatic nitrogens is 1. The highest BCUT2D eigenvalue weighted by Gasteiger charge is 1.92. The van der Waals surface area contributed by atoms with Crippen LogP contribution in [0.1, 0.15) is 5.56 Å². The van der Waals surface area contributed by atoms with E-state index in [1.54, 1.807) is 30.5 Å². The highest BCUT2D eigenvalue weighted by Crippen LogP contribution is 2.12. The molecule has 0 spiro atoms. The second-order valence-electron chi connectivity index (χ2n) is 3.14. The SMILES string of the molecule is Fc1ccc(/C=N/c2ccc(Cl)cn2)cc1. The predicted molar refractivity (Wildman–Crippen MR) is 62.9 cm³/mol. The molecule has 0 saturated heterocycles. The number of benzene rings is 1. The second kappa shape index (κ2) is 4.86. The lowest BCUT2D eigenvalue weighted by Gasteiger charge is -1.94. The molecule has 4 heteroatoms. The van der Waals surface area contributed by atoms with Gasteiger partial charge < -0.3 is 0 Å². The van der Waals surface area contributed by atoms with Crippen LogP contribution in [-0.2, 0) is 0 Å². The van der Waals surface area contributed by atoms with Crippen molar-refractivity contribution in [2.75, 3.05) is 0 Å². The van der Waals surface area contributed by atoms with Crippen molar-refractivity contribution in [3.05, 3.63) is 59.0 Å². The zero-order valence-corrected chi connectivity index (χ0v) is 9.03. The van der Waals surface area contributed by atoms with Crippen molar-refractivity contribution >= 4 is 23.6 Å². The third-order valence-corrected chi connectivity index (χ3v) is 2.15. The van der Waals surface area contributed by atoms with Crippen LogP contribution in [0.2, 0.25) is 5.02 Å². The summed E-state index contributed by atoms with van der Waals surface area (Å²) in [5.41, 5.74) is 0.818. The summed E-state index contributed by atoms with van der Waals surface area (Å²) in [6.07, 6.45) is 3.15. The van der Waals surface area contributed by atoms with Gasteiger partial charge in [0.15, 0.2) is 5.82 Å². The largest absolute Gasteiger partial charge is 0.237 e. The molecule has 2 aromatic rings. The minimum Gasteiger partial charge on any atom is -0.237 e. The van der Waals surface area contributed by atoms with E-state index in [0.29, 0.717) is 10.8 Å². The second-order valence-corrected chi connectivity index (χ2v) is 3.58. The van der Waals surface area contributed by atoms with Gasteiger partial charge in [0.05, 0.1) is 5.02 Å². The van der Waals surface area contributed by atoms with Crippen molar-refractivity contribution in [3.8, 4) is 0 Å². The van der Waals surface area contributed by atoms with Gasteiger partial charge in [-0.25, -0.2) is 14.4 Å². The highest BCUT2D eigenvalue weighted by atomic mass is 35.5. The maximum Gasteiger partial charge on any atom is 0.151 e. The molecule has 0 radical (unpaired) electrons. The van der Waals surface area contributed by atoms with Gasteiger partial charge in [-0.1, -0.05) is 23.7 Å². The van der Waals surface area contributed by atoms with E-state index in [1.807, 2.05) is 0 Å². The molecule has 2 nitrogen and oxygen atoms in total. The van der Waals surface area contributed by atoms with Crippen molar-refractivity contribution in [2.45, 2.75) is 0 Å². The van der Waals surface area contributed by atoms with E-state index in [-0.39, 0.29) is 5.82 Å². The fourth-order valence-corrected chi connectivity index (χ4v) is 1.25. The Morgan fingerprint density at radius 2 is 1.88 bits per heavy atom. The Morgan fingerprint density at radius 3 is 2.50 bits per heavy atom. The molecule has 0 aliphatic rings. The molecule has 0 atom stereocenters. The van der Waals surface area contributed by atoms with Crippen LogP contribution in [0.4, 0.5) is 10.2 Å². The van der Waals surface area contributed by atoms with Gasteiger partial charge in [0, 0.05) is 12.4 Å². The van der Waals surface area contributed by atoms with Crippen LogP contribution in [0.5, 0.6) is 0 Å². The summed E-state index contributed by atoms with van der Waals surface area (Å²) >= 11 is 5.69. The normalized spacial score (nSPS) is 10.9. The molecule has 0 saturated carbocycles. The summed E-state index contributed by atoms with van der Waals surface area (Å²) < 4.78 is 12.6. The van der Waals surface area contributed by atoms with Crippen molar-refractivity contribution < 1.29 is 4.39 Å². The first-order valence-electron chi connectivity index (χ1n) is 4.65. The Bertz CT molecular complexity index is 444. The molecule has 0 aliphatic heterocycles. The molecule has 1 heterocycles. The lowest BCUT2D eigenvalue weighted by atomic mass is 10.2. The van der Waals surface area contributed by atoms with Gasteiger partial charge in [-0.15, -0.1) is 0 Å². The zero-order chi connectivity index (χ0) is 11.4. The summed E-state index contributed by atoms with van der Waals surface area (Å²) in [6, 6.07) is 9.49. The maximum absolute atomic E-state index is 12.6. The Morgan fingerprint density at radius 1 is 1.12 bits per heavy atom. The summed E-state index contributed by atoms with van der Waals surface area (Å²) in [5, 5.41) is 0.570. The van der Waals surface area contributed by atoms with Gasteiger partial charge in [-0.05, 0) is 29.8 Å². The fourth-order valence-electron chi connectivity index (χ4n) is 1.13. The molecule has 0 unspecified atom stereocenters. The van der Waals surface area contributed by atoms with Crippen LogP contribution in [-0.4, -0.2) is 11.2 Å². The molecule has 16 heavy (non-hydrogen) atoms. The number of hydrogen-bond acceptors (Lipinski definition) is 2. The molecular formula is C12H8ClFN2. The topological polar surface area (TPSA) is 25.2 Å². The molecule has 1 aromatic carbocycles. The van der Waals surface area contributed by atoms with Crippen molar-refractivity contribution in [2.24, 2.45) is 4.99 Å². The van der Waals surface area contributed by atoms with E-state index in [1.165, 1.54) is 18.3 Å². The standard InChI is InChI=1S/C12H8ClFN2/c13-10-3-6-12(16-8-10)15-7-9-1-4-11(14)5-2-9/h1-8H/b15-7+. The van der Waals surface area contributed by atoms with Gasteiger partial charge in [-0.2, -0.15) is 0 Å². The number of rotatable bonds is 2. The first-order chi connectivity index (χ1) is 7.74. The van der Waals surface area contributed by atoms with E-state index in [0.717, 1.165) is 5.56 Å². The van der Waals surface area contributed by atoms with E-state index < -0.39 is 0 Å². The molecule has 1 aromatic heterocycles. The fraction of sp³-hybridized carbons (Fsp3) is 0. The number of pyridine rings is 1. The lowest BCUT2D eigenvalue weighted by molar-refractivity contribution is 0.628. The zero-order valence-electron chi connectivity index (χ0n) is 8.27. The minimum atomic E-state index is -0.262. The van der Waals surface area contributed by atoms with Gasteiger partial charge >= 0.3 is 0 Å². The van der Waals surface area contributed by atoms with Crippen LogP contribution in [0.25, 0.3) is 0 Å². The van der Waals surface area contributed by atoms with Gasteiger partial charge in [0.1, 0.15) is 5.82 Å². The Balaban J connectivity index is 2.15. The number of nitrogens with zero attached hydrogens (tertiary/aromatic N) is 2. The molecule has 0 aliphatic carbocycles. The van der Waals surface area contributed by atoms with Gasteiger partial charge in [-0.3, -0.25) is 0 Å². The molecular weight excluding hydrogens is 227 g/mol. The maximum atomic E-state index is 12.6. The van der Waals surface area contributed by atoms with Crippen LogP contribution in [0.15, 0.2) is 47.6 Å². The molecule has 0 bridgehead atoms. The van der Waals surface area contributed by atoms with Gasteiger partial charge in [0.2, 0.25) is 0 Å². The summed E-state index contributed by atoms with van der Waals surface area (Å²) in [5.74, 6) is 0.301. The van der Waals surface area contributed by atoms with Crippen LogP contribution >= 0.6 is 11.6 Å². The average Bonchev–Trinajstić information content (AvgIpc) is 2.30.